The number of nitriles is 1. The number of hydrogen-bond donors (Lipinski definition) is 1. The van der Waals surface area contributed by atoms with Crippen molar-refractivity contribution < 1.29 is 0 Å². The van der Waals surface area contributed by atoms with E-state index < -0.39 is 0 Å². The summed E-state index contributed by atoms with van der Waals surface area (Å²) < 4.78 is 0. The summed E-state index contributed by atoms with van der Waals surface area (Å²) in [5, 5.41) is 12.3. The van der Waals surface area contributed by atoms with Crippen molar-refractivity contribution in [1.82, 2.24) is 10.2 Å². The van der Waals surface area contributed by atoms with Crippen LogP contribution in [0.1, 0.15) is 12.0 Å². The topological polar surface area (TPSA) is 42.3 Å². The Bertz CT molecular complexity index is 475. The first-order valence-electron chi connectivity index (χ1n) is 7.07. The van der Waals surface area contributed by atoms with Gasteiger partial charge in [-0.15, -0.1) is 0 Å². The lowest BCUT2D eigenvalue weighted by Gasteiger charge is -2.37. The molecule has 0 saturated carbocycles. The van der Waals surface area contributed by atoms with E-state index in [-0.39, 0.29) is 0 Å². The second kappa shape index (κ2) is 5.60. The van der Waals surface area contributed by atoms with Crippen LogP contribution in [0, 0.1) is 11.3 Å². The van der Waals surface area contributed by atoms with Crippen LogP contribution in [-0.4, -0.2) is 50.2 Å². The smallest absolute Gasteiger partial charge is 0.0992 e. The quantitative estimate of drug-likeness (QED) is 0.858. The van der Waals surface area contributed by atoms with E-state index >= 15 is 0 Å². The Morgan fingerprint density at radius 1 is 1.16 bits per heavy atom. The maximum Gasteiger partial charge on any atom is 0.0992 e. The van der Waals surface area contributed by atoms with Crippen molar-refractivity contribution in [1.29, 1.82) is 5.26 Å². The maximum atomic E-state index is 8.99. The summed E-state index contributed by atoms with van der Waals surface area (Å²) in [6.45, 7) is 6.76. The van der Waals surface area contributed by atoms with Crippen LogP contribution in [0.3, 0.4) is 0 Å². The van der Waals surface area contributed by atoms with Crippen molar-refractivity contribution >= 4 is 5.69 Å². The highest BCUT2D eigenvalue weighted by molar-refractivity contribution is 5.51. The largest absolute Gasteiger partial charge is 0.370 e. The van der Waals surface area contributed by atoms with Gasteiger partial charge >= 0.3 is 0 Å². The van der Waals surface area contributed by atoms with Crippen molar-refractivity contribution in [3.63, 3.8) is 0 Å². The number of nitrogens with zero attached hydrogens (tertiary/aromatic N) is 3. The highest BCUT2D eigenvalue weighted by Crippen LogP contribution is 2.19. The molecule has 0 radical (unpaired) electrons. The number of benzene rings is 1. The van der Waals surface area contributed by atoms with Gasteiger partial charge in [-0.2, -0.15) is 5.26 Å². The van der Waals surface area contributed by atoms with Crippen molar-refractivity contribution in [2.75, 3.05) is 44.2 Å². The molecule has 1 aromatic carbocycles. The molecule has 1 aromatic rings. The molecule has 4 heteroatoms. The summed E-state index contributed by atoms with van der Waals surface area (Å²) >= 11 is 0. The van der Waals surface area contributed by atoms with Crippen LogP contribution in [0.2, 0.25) is 0 Å². The Morgan fingerprint density at radius 3 is 2.79 bits per heavy atom. The van der Waals surface area contributed by atoms with Gasteiger partial charge in [0.05, 0.1) is 11.6 Å². The predicted molar refractivity (Wildman–Crippen MR) is 76.2 cm³/mol. The molecule has 0 aromatic heterocycles. The Labute approximate surface area is 114 Å². The molecule has 0 amide bonds. The molecule has 0 aliphatic carbocycles. The first kappa shape index (κ1) is 12.5. The average molecular weight is 256 g/mol. The third kappa shape index (κ3) is 2.73. The van der Waals surface area contributed by atoms with Gasteiger partial charge in [-0.1, -0.05) is 6.07 Å². The standard InChI is InChI=1S/C15H20N4/c16-10-13-3-1-4-14(9-13)18-5-2-6-19(8-7-18)15-11-17-12-15/h1,3-4,9,15,17H,2,5-8,11-12H2. The molecule has 1 N–H and O–H groups in total. The van der Waals surface area contributed by atoms with Crippen LogP contribution in [0.25, 0.3) is 0 Å². The highest BCUT2D eigenvalue weighted by atomic mass is 15.3. The zero-order chi connectivity index (χ0) is 13.1. The summed E-state index contributed by atoms with van der Waals surface area (Å²) in [7, 11) is 0. The van der Waals surface area contributed by atoms with Gasteiger partial charge in [0, 0.05) is 51.0 Å². The van der Waals surface area contributed by atoms with Crippen molar-refractivity contribution in [2.24, 2.45) is 0 Å². The first-order valence-corrected chi connectivity index (χ1v) is 7.07. The van der Waals surface area contributed by atoms with Crippen LogP contribution in [-0.2, 0) is 0 Å². The monoisotopic (exact) mass is 256 g/mol. The molecule has 0 spiro atoms. The molecule has 19 heavy (non-hydrogen) atoms. The van der Waals surface area contributed by atoms with Gasteiger partial charge < -0.3 is 10.2 Å². The molecule has 3 rings (SSSR count). The highest BCUT2D eigenvalue weighted by Gasteiger charge is 2.26. The maximum absolute atomic E-state index is 8.99. The lowest BCUT2D eigenvalue weighted by molar-refractivity contribution is 0.155. The van der Waals surface area contributed by atoms with Crippen LogP contribution in [0.15, 0.2) is 24.3 Å². The molecule has 2 aliphatic rings. The van der Waals surface area contributed by atoms with Crippen molar-refractivity contribution in [2.45, 2.75) is 12.5 Å². The van der Waals surface area contributed by atoms with Crippen molar-refractivity contribution in [3.05, 3.63) is 29.8 Å². The molecule has 0 bridgehead atoms. The fourth-order valence-corrected chi connectivity index (χ4v) is 2.86. The van der Waals surface area contributed by atoms with Crippen LogP contribution in [0.5, 0.6) is 0 Å². The van der Waals surface area contributed by atoms with E-state index in [0.29, 0.717) is 0 Å². The molecular formula is C15H20N4. The lowest BCUT2D eigenvalue weighted by Crippen LogP contribution is -2.57. The molecule has 4 nitrogen and oxygen atoms in total. The lowest BCUT2D eigenvalue weighted by atomic mass is 10.1. The molecule has 100 valence electrons. The van der Waals surface area contributed by atoms with E-state index in [0.717, 1.165) is 44.3 Å². The minimum absolute atomic E-state index is 0.741. The summed E-state index contributed by atoms with van der Waals surface area (Å²) in [6, 6.07) is 10.9. The van der Waals surface area contributed by atoms with E-state index in [1.54, 1.807) is 0 Å². The summed E-state index contributed by atoms with van der Waals surface area (Å²) in [5.41, 5.74) is 1.94. The zero-order valence-corrected chi connectivity index (χ0v) is 11.2. The van der Waals surface area contributed by atoms with Gasteiger partial charge in [-0.25, -0.2) is 0 Å². The van der Waals surface area contributed by atoms with E-state index in [2.05, 4.69) is 27.3 Å². The minimum Gasteiger partial charge on any atom is -0.370 e. The third-order valence-corrected chi connectivity index (χ3v) is 4.15. The first-order chi connectivity index (χ1) is 9.36. The van der Waals surface area contributed by atoms with Crippen LogP contribution >= 0.6 is 0 Å². The Kier molecular flexibility index (Phi) is 3.67. The van der Waals surface area contributed by atoms with Crippen LogP contribution < -0.4 is 10.2 Å². The molecule has 2 aliphatic heterocycles. The number of hydrogen-bond acceptors (Lipinski definition) is 4. The molecule has 2 fully saturated rings. The SMILES string of the molecule is N#Cc1cccc(N2CCCN(C3CNC3)CC2)c1. The van der Waals surface area contributed by atoms with E-state index in [1.807, 2.05) is 18.2 Å². The van der Waals surface area contributed by atoms with Gasteiger partial charge in [0.15, 0.2) is 0 Å². The Balaban J connectivity index is 1.66. The minimum atomic E-state index is 0.741. The fourth-order valence-electron chi connectivity index (χ4n) is 2.86. The fraction of sp³-hybridized carbons (Fsp3) is 0.533. The van der Waals surface area contributed by atoms with E-state index in [9.17, 15) is 0 Å². The second-order valence-corrected chi connectivity index (χ2v) is 5.35. The summed E-state index contributed by atoms with van der Waals surface area (Å²) in [5.74, 6) is 0. The van der Waals surface area contributed by atoms with Gasteiger partial charge in [-0.05, 0) is 24.6 Å². The zero-order valence-electron chi connectivity index (χ0n) is 11.2. The van der Waals surface area contributed by atoms with Gasteiger partial charge in [0.2, 0.25) is 0 Å². The van der Waals surface area contributed by atoms with Gasteiger partial charge in [-0.3, -0.25) is 4.90 Å². The molecule has 2 saturated heterocycles. The summed E-state index contributed by atoms with van der Waals surface area (Å²) in [4.78, 5) is 5.01. The van der Waals surface area contributed by atoms with E-state index in [1.165, 1.54) is 18.7 Å². The Morgan fingerprint density at radius 2 is 2.05 bits per heavy atom. The number of rotatable bonds is 2. The normalized spacial score (nSPS) is 21.5. The Hall–Kier alpha value is -1.57. The molecule has 0 atom stereocenters. The summed E-state index contributed by atoms with van der Waals surface area (Å²) in [6.07, 6.45) is 1.20. The van der Waals surface area contributed by atoms with Gasteiger partial charge in [0.25, 0.3) is 0 Å². The number of nitrogens with one attached hydrogen (secondary N) is 1. The number of anilines is 1. The second-order valence-electron chi connectivity index (χ2n) is 5.35. The third-order valence-electron chi connectivity index (χ3n) is 4.15. The molecule has 0 unspecified atom stereocenters. The molecule has 2 heterocycles. The van der Waals surface area contributed by atoms with Gasteiger partial charge in [0.1, 0.15) is 0 Å². The molecular weight excluding hydrogens is 236 g/mol. The average Bonchev–Trinajstić information content (AvgIpc) is 2.63. The van der Waals surface area contributed by atoms with Crippen molar-refractivity contribution in [3.8, 4) is 6.07 Å². The van der Waals surface area contributed by atoms with E-state index in [4.69, 9.17) is 5.26 Å². The van der Waals surface area contributed by atoms with Crippen LogP contribution in [0.4, 0.5) is 5.69 Å². The predicted octanol–water partition coefficient (Wildman–Crippen LogP) is 1.04.